The van der Waals surface area contributed by atoms with E-state index in [0.717, 1.165) is 11.2 Å². The minimum Gasteiger partial charge on any atom is -0.326 e. The molecule has 3 heterocycles. The van der Waals surface area contributed by atoms with Crippen molar-refractivity contribution >= 4 is 17.4 Å². The standard InChI is InChI=1S/C13H17N3S/c14-7-10-1-2-13-15-12(9-16(13)8-10)11-3-5-17-6-4-11/h1-2,8-9,11H,3-7,14H2. The van der Waals surface area contributed by atoms with Crippen molar-refractivity contribution in [1.82, 2.24) is 9.38 Å². The van der Waals surface area contributed by atoms with Gasteiger partial charge in [-0.3, -0.25) is 0 Å². The quantitative estimate of drug-likeness (QED) is 0.886. The number of imidazole rings is 1. The molecule has 1 saturated heterocycles. The lowest BCUT2D eigenvalue weighted by molar-refractivity contribution is 0.623. The zero-order valence-corrected chi connectivity index (χ0v) is 10.6. The highest BCUT2D eigenvalue weighted by molar-refractivity contribution is 7.99. The van der Waals surface area contributed by atoms with Crippen molar-refractivity contribution in [1.29, 1.82) is 0 Å². The average Bonchev–Trinajstić information content (AvgIpc) is 2.82. The molecule has 0 amide bonds. The van der Waals surface area contributed by atoms with Crippen LogP contribution in [0.25, 0.3) is 5.65 Å². The molecule has 1 aliphatic rings. The Morgan fingerprint density at radius 3 is 2.88 bits per heavy atom. The van der Waals surface area contributed by atoms with Crippen molar-refractivity contribution in [3.63, 3.8) is 0 Å². The molecule has 0 bridgehead atoms. The summed E-state index contributed by atoms with van der Waals surface area (Å²) in [5.74, 6) is 3.19. The maximum absolute atomic E-state index is 5.65. The van der Waals surface area contributed by atoms with Crippen LogP contribution in [0.4, 0.5) is 0 Å². The maximum atomic E-state index is 5.65. The van der Waals surface area contributed by atoms with Gasteiger partial charge in [0.05, 0.1) is 5.69 Å². The third-order valence-corrected chi connectivity index (χ3v) is 4.45. The van der Waals surface area contributed by atoms with Gasteiger partial charge in [-0.25, -0.2) is 4.98 Å². The van der Waals surface area contributed by atoms with Crippen molar-refractivity contribution in [3.8, 4) is 0 Å². The molecule has 4 heteroatoms. The largest absolute Gasteiger partial charge is 0.326 e. The van der Waals surface area contributed by atoms with Crippen LogP contribution in [0.3, 0.4) is 0 Å². The second-order valence-electron chi connectivity index (χ2n) is 4.56. The van der Waals surface area contributed by atoms with Gasteiger partial charge < -0.3 is 10.1 Å². The Morgan fingerprint density at radius 1 is 1.29 bits per heavy atom. The molecule has 90 valence electrons. The first kappa shape index (κ1) is 11.1. The minimum atomic E-state index is 0.587. The van der Waals surface area contributed by atoms with E-state index in [2.05, 4.69) is 40.7 Å². The summed E-state index contributed by atoms with van der Waals surface area (Å²) < 4.78 is 2.11. The van der Waals surface area contributed by atoms with Crippen LogP contribution in [0.2, 0.25) is 0 Å². The fourth-order valence-electron chi connectivity index (χ4n) is 2.37. The lowest BCUT2D eigenvalue weighted by Gasteiger charge is -2.18. The number of rotatable bonds is 2. The summed E-state index contributed by atoms with van der Waals surface area (Å²) in [6.45, 7) is 0.587. The number of fused-ring (bicyclic) bond motifs is 1. The van der Waals surface area contributed by atoms with E-state index >= 15 is 0 Å². The van der Waals surface area contributed by atoms with Crippen molar-refractivity contribution < 1.29 is 0 Å². The highest BCUT2D eigenvalue weighted by atomic mass is 32.2. The third-order valence-electron chi connectivity index (χ3n) is 3.41. The van der Waals surface area contributed by atoms with Crippen LogP contribution in [0.1, 0.15) is 30.0 Å². The molecule has 0 spiro atoms. The Hall–Kier alpha value is -1.00. The molecular formula is C13H17N3S. The zero-order chi connectivity index (χ0) is 11.7. The summed E-state index contributed by atoms with van der Waals surface area (Å²) in [7, 11) is 0. The average molecular weight is 247 g/mol. The van der Waals surface area contributed by atoms with Crippen LogP contribution >= 0.6 is 11.8 Å². The van der Waals surface area contributed by atoms with Gasteiger partial charge in [-0.2, -0.15) is 11.8 Å². The Balaban J connectivity index is 1.95. The normalized spacial score (nSPS) is 17.7. The van der Waals surface area contributed by atoms with E-state index in [9.17, 15) is 0 Å². The predicted molar refractivity (Wildman–Crippen MR) is 72.4 cm³/mol. The Kier molecular flexibility index (Phi) is 3.07. The first-order valence-corrected chi connectivity index (χ1v) is 7.27. The van der Waals surface area contributed by atoms with Crippen LogP contribution in [0.15, 0.2) is 24.5 Å². The Morgan fingerprint density at radius 2 is 2.12 bits per heavy atom. The van der Waals surface area contributed by atoms with Crippen LogP contribution in [0, 0.1) is 0 Å². The Labute approximate surface area is 105 Å². The lowest BCUT2D eigenvalue weighted by atomic mass is 10.00. The maximum Gasteiger partial charge on any atom is 0.137 e. The molecule has 0 atom stereocenters. The second-order valence-corrected chi connectivity index (χ2v) is 5.78. The van der Waals surface area contributed by atoms with Gasteiger partial charge in [-0.15, -0.1) is 0 Å². The fourth-order valence-corrected chi connectivity index (χ4v) is 3.47. The van der Waals surface area contributed by atoms with Gasteiger partial charge in [-0.1, -0.05) is 6.07 Å². The van der Waals surface area contributed by atoms with E-state index in [4.69, 9.17) is 10.7 Å². The number of nitrogens with two attached hydrogens (primary N) is 1. The van der Waals surface area contributed by atoms with Crippen LogP contribution in [0.5, 0.6) is 0 Å². The van der Waals surface area contributed by atoms with Gasteiger partial charge >= 0.3 is 0 Å². The number of hydrogen-bond acceptors (Lipinski definition) is 3. The SMILES string of the molecule is NCc1ccc2nc(C3CCSCC3)cn2c1. The van der Waals surface area contributed by atoms with Gasteiger partial charge in [0.25, 0.3) is 0 Å². The van der Waals surface area contributed by atoms with E-state index in [0.29, 0.717) is 12.5 Å². The molecule has 0 aromatic carbocycles. The molecule has 3 rings (SSSR count). The molecule has 3 nitrogen and oxygen atoms in total. The van der Waals surface area contributed by atoms with Crippen molar-refractivity contribution in [2.75, 3.05) is 11.5 Å². The number of pyridine rings is 1. The number of thioether (sulfide) groups is 1. The van der Waals surface area contributed by atoms with Crippen molar-refractivity contribution in [2.45, 2.75) is 25.3 Å². The second kappa shape index (κ2) is 4.70. The van der Waals surface area contributed by atoms with Gasteiger partial charge in [0.1, 0.15) is 5.65 Å². The van der Waals surface area contributed by atoms with Crippen molar-refractivity contribution in [3.05, 3.63) is 35.8 Å². The number of aromatic nitrogens is 2. The van der Waals surface area contributed by atoms with Crippen LogP contribution < -0.4 is 5.73 Å². The van der Waals surface area contributed by atoms with E-state index in [1.54, 1.807) is 0 Å². The van der Waals surface area contributed by atoms with Gasteiger partial charge in [0, 0.05) is 24.9 Å². The summed E-state index contributed by atoms with van der Waals surface area (Å²) in [5, 5.41) is 0. The molecule has 17 heavy (non-hydrogen) atoms. The topological polar surface area (TPSA) is 43.3 Å². The molecule has 1 fully saturated rings. The van der Waals surface area contributed by atoms with E-state index < -0.39 is 0 Å². The molecule has 1 aliphatic heterocycles. The molecule has 2 N–H and O–H groups in total. The molecule has 0 radical (unpaired) electrons. The lowest BCUT2D eigenvalue weighted by Crippen LogP contribution is -2.07. The number of nitrogens with zero attached hydrogens (tertiary/aromatic N) is 2. The predicted octanol–water partition coefficient (Wildman–Crippen LogP) is 2.40. The number of hydrogen-bond donors (Lipinski definition) is 1. The van der Waals surface area contributed by atoms with Gasteiger partial charge in [-0.05, 0) is 36.0 Å². The fraction of sp³-hybridized carbons (Fsp3) is 0.462. The molecular weight excluding hydrogens is 230 g/mol. The van der Waals surface area contributed by atoms with Crippen LogP contribution in [-0.4, -0.2) is 20.9 Å². The minimum absolute atomic E-state index is 0.587. The first-order chi connectivity index (χ1) is 8.36. The van der Waals surface area contributed by atoms with Gasteiger partial charge in [0.15, 0.2) is 0 Å². The van der Waals surface area contributed by atoms with Crippen LogP contribution in [-0.2, 0) is 6.54 Å². The van der Waals surface area contributed by atoms with E-state index in [1.165, 1.54) is 30.0 Å². The third kappa shape index (κ3) is 2.19. The van der Waals surface area contributed by atoms with Gasteiger partial charge in [0.2, 0.25) is 0 Å². The Bertz CT molecular complexity index is 514. The summed E-state index contributed by atoms with van der Waals surface area (Å²) in [6.07, 6.45) is 6.79. The summed E-state index contributed by atoms with van der Waals surface area (Å²) in [4.78, 5) is 4.72. The van der Waals surface area contributed by atoms with E-state index in [1.807, 2.05) is 0 Å². The smallest absolute Gasteiger partial charge is 0.137 e. The monoisotopic (exact) mass is 247 g/mol. The summed E-state index contributed by atoms with van der Waals surface area (Å²) >= 11 is 2.06. The highest BCUT2D eigenvalue weighted by Gasteiger charge is 2.18. The summed E-state index contributed by atoms with van der Waals surface area (Å²) in [6, 6.07) is 4.12. The highest BCUT2D eigenvalue weighted by Crippen LogP contribution is 2.30. The molecule has 0 unspecified atom stereocenters. The summed E-state index contributed by atoms with van der Waals surface area (Å²) in [5.41, 5.74) is 9.09. The molecule has 2 aromatic rings. The molecule has 2 aromatic heterocycles. The van der Waals surface area contributed by atoms with Crippen molar-refractivity contribution in [2.24, 2.45) is 5.73 Å². The molecule has 0 aliphatic carbocycles. The first-order valence-electron chi connectivity index (χ1n) is 6.12. The van der Waals surface area contributed by atoms with E-state index in [-0.39, 0.29) is 0 Å². The molecule has 0 saturated carbocycles. The zero-order valence-electron chi connectivity index (χ0n) is 9.80.